The fraction of sp³-hybridized carbons (Fsp3) is 0. The molecule has 1 N–H and O–H groups in total. The second-order valence-electron chi connectivity index (χ2n) is 6.45. The Morgan fingerprint density at radius 2 is 1.67 bits per heavy atom. The number of aliphatic imine (C=N–C) groups is 1. The fourth-order valence-electron chi connectivity index (χ4n) is 3.03. The highest BCUT2D eigenvalue weighted by molar-refractivity contribution is 6.33. The number of nitro groups is 1. The van der Waals surface area contributed by atoms with Crippen molar-refractivity contribution in [3.05, 3.63) is 106 Å². The maximum absolute atomic E-state index is 14.5. The van der Waals surface area contributed by atoms with Crippen LogP contribution in [0.5, 0.6) is 5.75 Å². The predicted molar refractivity (Wildman–Crippen MR) is 110 cm³/mol. The number of non-ortho nitro benzene ring substituents is 1. The molecule has 0 saturated heterocycles. The molecule has 0 aromatic heterocycles. The van der Waals surface area contributed by atoms with Crippen molar-refractivity contribution in [2.24, 2.45) is 4.99 Å². The summed E-state index contributed by atoms with van der Waals surface area (Å²) in [7, 11) is 0. The normalized spacial score (nSPS) is 14.8. The first-order valence-electron chi connectivity index (χ1n) is 8.87. The van der Waals surface area contributed by atoms with Crippen LogP contribution in [0, 0.1) is 15.9 Å². The third-order valence-corrected chi connectivity index (χ3v) is 4.49. The van der Waals surface area contributed by atoms with Gasteiger partial charge in [0.2, 0.25) is 0 Å². The molecule has 0 fully saturated rings. The number of nitrogens with zero attached hydrogens (tertiary/aromatic N) is 3. The summed E-state index contributed by atoms with van der Waals surface area (Å²) in [6, 6.07) is 17.5. The molecule has 0 unspecified atom stereocenters. The fourth-order valence-corrected chi connectivity index (χ4v) is 3.03. The number of hydrogen-bond donors (Lipinski definition) is 1. The van der Waals surface area contributed by atoms with Gasteiger partial charge in [0.1, 0.15) is 17.3 Å². The van der Waals surface area contributed by atoms with Crippen molar-refractivity contribution in [2.45, 2.75) is 0 Å². The van der Waals surface area contributed by atoms with Crippen LogP contribution in [0.3, 0.4) is 0 Å². The first kappa shape index (κ1) is 19.0. The third-order valence-electron chi connectivity index (χ3n) is 4.49. The Labute approximate surface area is 170 Å². The summed E-state index contributed by atoms with van der Waals surface area (Å²) in [5.74, 6) is -0.893. The van der Waals surface area contributed by atoms with E-state index in [-0.39, 0.29) is 28.5 Å². The Morgan fingerprint density at radius 3 is 2.30 bits per heavy atom. The van der Waals surface area contributed by atoms with Crippen LogP contribution in [-0.2, 0) is 4.79 Å². The Hall–Kier alpha value is -4.33. The molecule has 0 bridgehead atoms. The number of nitro benzene ring substituents is 1. The quantitative estimate of drug-likeness (QED) is 0.400. The molecule has 0 saturated carbocycles. The number of anilines is 1. The molecule has 7 nitrogen and oxygen atoms in total. The second-order valence-corrected chi connectivity index (χ2v) is 6.45. The third kappa shape index (κ3) is 3.53. The Bertz CT molecular complexity index is 1200. The molecule has 0 spiro atoms. The van der Waals surface area contributed by atoms with E-state index in [4.69, 9.17) is 0 Å². The summed E-state index contributed by atoms with van der Waals surface area (Å²) < 4.78 is 14.5. The van der Waals surface area contributed by atoms with Gasteiger partial charge >= 0.3 is 0 Å². The number of aromatic hydroxyl groups is 1. The number of hydrogen-bond acceptors (Lipinski definition) is 5. The second kappa shape index (κ2) is 7.59. The van der Waals surface area contributed by atoms with Gasteiger partial charge in [0.25, 0.3) is 11.6 Å². The molecule has 30 heavy (non-hydrogen) atoms. The summed E-state index contributed by atoms with van der Waals surface area (Å²) >= 11 is 0. The van der Waals surface area contributed by atoms with Crippen LogP contribution in [0.4, 0.5) is 15.8 Å². The van der Waals surface area contributed by atoms with Gasteiger partial charge in [-0.15, -0.1) is 0 Å². The van der Waals surface area contributed by atoms with Gasteiger partial charge in [-0.05, 0) is 60.2 Å². The summed E-state index contributed by atoms with van der Waals surface area (Å²) in [4.78, 5) is 29.0. The van der Waals surface area contributed by atoms with Crippen LogP contribution in [0.1, 0.15) is 11.1 Å². The predicted octanol–water partition coefficient (Wildman–Crippen LogP) is 4.27. The molecule has 1 amide bonds. The Balaban J connectivity index is 1.80. The van der Waals surface area contributed by atoms with Crippen molar-refractivity contribution < 1.29 is 19.2 Å². The monoisotopic (exact) mass is 403 g/mol. The van der Waals surface area contributed by atoms with Gasteiger partial charge in [-0.2, -0.15) is 0 Å². The van der Waals surface area contributed by atoms with E-state index in [0.717, 1.165) is 0 Å². The maximum Gasteiger partial charge on any atom is 0.282 e. The van der Waals surface area contributed by atoms with Gasteiger partial charge in [-0.25, -0.2) is 9.38 Å². The minimum absolute atomic E-state index is 0.0245. The summed E-state index contributed by atoms with van der Waals surface area (Å²) in [6.07, 6.45) is 1.48. The zero-order valence-electron chi connectivity index (χ0n) is 15.4. The average Bonchev–Trinajstić information content (AvgIpc) is 3.05. The minimum atomic E-state index is -0.538. The first-order valence-corrected chi connectivity index (χ1v) is 8.87. The van der Waals surface area contributed by atoms with Crippen LogP contribution in [0.2, 0.25) is 0 Å². The zero-order valence-corrected chi connectivity index (χ0v) is 15.4. The lowest BCUT2D eigenvalue weighted by atomic mass is 10.1. The Kier molecular flexibility index (Phi) is 4.81. The van der Waals surface area contributed by atoms with E-state index in [1.165, 1.54) is 77.7 Å². The highest BCUT2D eigenvalue weighted by Gasteiger charge is 2.33. The smallest absolute Gasteiger partial charge is 0.282 e. The number of amides is 1. The molecule has 3 aromatic carbocycles. The van der Waals surface area contributed by atoms with E-state index >= 15 is 0 Å². The molecule has 1 heterocycles. The van der Waals surface area contributed by atoms with E-state index in [9.17, 15) is 24.4 Å². The average molecular weight is 403 g/mol. The van der Waals surface area contributed by atoms with Crippen LogP contribution in [0.15, 0.2) is 83.5 Å². The van der Waals surface area contributed by atoms with E-state index in [2.05, 4.69) is 4.99 Å². The van der Waals surface area contributed by atoms with Crippen molar-refractivity contribution >= 4 is 29.2 Å². The van der Waals surface area contributed by atoms with Crippen LogP contribution < -0.4 is 4.90 Å². The molecule has 0 atom stereocenters. The highest BCUT2D eigenvalue weighted by Crippen LogP contribution is 2.30. The number of rotatable bonds is 4. The number of phenolic OH excluding ortho intramolecular Hbond substituents is 1. The van der Waals surface area contributed by atoms with Crippen molar-refractivity contribution in [3.8, 4) is 5.75 Å². The number of benzene rings is 3. The molecule has 1 aliphatic rings. The molecule has 148 valence electrons. The number of carbonyl (C=O) groups excluding carboxylic acids is 1. The number of phenols is 1. The van der Waals surface area contributed by atoms with Crippen LogP contribution in [0.25, 0.3) is 6.08 Å². The molecule has 3 aromatic rings. The summed E-state index contributed by atoms with van der Waals surface area (Å²) in [6.45, 7) is 0. The van der Waals surface area contributed by atoms with Gasteiger partial charge in [-0.1, -0.05) is 12.1 Å². The SMILES string of the molecule is O=C1/C(=C\c2ccc([N+](=O)[O-])cc2)N=C(c2ccccc2F)N1c1ccc(O)cc1. The Morgan fingerprint density at radius 1 is 1.00 bits per heavy atom. The van der Waals surface area contributed by atoms with Gasteiger partial charge < -0.3 is 5.11 Å². The van der Waals surface area contributed by atoms with E-state index < -0.39 is 16.6 Å². The molecule has 1 aliphatic heterocycles. The minimum Gasteiger partial charge on any atom is -0.508 e. The van der Waals surface area contributed by atoms with Gasteiger partial charge in [0.05, 0.1) is 16.2 Å². The lowest BCUT2D eigenvalue weighted by Crippen LogP contribution is -2.33. The number of carbonyl (C=O) groups is 1. The molecule has 4 rings (SSSR count). The van der Waals surface area contributed by atoms with Crippen LogP contribution in [-0.4, -0.2) is 21.8 Å². The standard InChI is InChI=1S/C22H14FN3O4/c23-19-4-2-1-3-18(19)21-24-20(13-14-5-7-16(8-6-14)26(29)30)22(28)25(21)15-9-11-17(27)12-10-15/h1-13,27H/b20-13+. The number of amidine groups is 1. The van der Waals surface area contributed by atoms with E-state index in [1.54, 1.807) is 6.07 Å². The molecular formula is C22H14FN3O4. The van der Waals surface area contributed by atoms with Crippen LogP contribution >= 0.6 is 0 Å². The summed E-state index contributed by atoms with van der Waals surface area (Å²) in [5, 5.41) is 20.4. The molecule has 8 heteroatoms. The zero-order chi connectivity index (χ0) is 21.3. The highest BCUT2D eigenvalue weighted by atomic mass is 19.1. The lowest BCUT2D eigenvalue weighted by molar-refractivity contribution is -0.384. The largest absolute Gasteiger partial charge is 0.508 e. The number of halogens is 1. The lowest BCUT2D eigenvalue weighted by Gasteiger charge is -2.18. The van der Waals surface area contributed by atoms with Gasteiger partial charge in [-0.3, -0.25) is 19.8 Å². The van der Waals surface area contributed by atoms with Crippen molar-refractivity contribution in [1.29, 1.82) is 0 Å². The van der Waals surface area contributed by atoms with E-state index in [0.29, 0.717) is 11.3 Å². The molecule has 0 radical (unpaired) electrons. The van der Waals surface area contributed by atoms with E-state index in [1.807, 2.05) is 0 Å². The maximum atomic E-state index is 14.5. The van der Waals surface area contributed by atoms with Crippen molar-refractivity contribution in [1.82, 2.24) is 0 Å². The summed E-state index contributed by atoms with van der Waals surface area (Å²) in [5.41, 5.74) is 1.07. The van der Waals surface area contributed by atoms with Gasteiger partial charge in [0, 0.05) is 12.1 Å². The van der Waals surface area contributed by atoms with Gasteiger partial charge in [0.15, 0.2) is 5.84 Å². The van der Waals surface area contributed by atoms with Crippen molar-refractivity contribution in [2.75, 3.05) is 4.90 Å². The molecular weight excluding hydrogens is 389 g/mol. The topological polar surface area (TPSA) is 96.0 Å². The molecule has 0 aliphatic carbocycles. The van der Waals surface area contributed by atoms with Crippen molar-refractivity contribution in [3.63, 3.8) is 0 Å². The first-order chi connectivity index (χ1) is 14.4.